The number of sulfonamides is 1. The maximum atomic E-state index is 13.4. The van der Waals surface area contributed by atoms with Crippen LogP contribution in [0.1, 0.15) is 11.5 Å². The van der Waals surface area contributed by atoms with Gasteiger partial charge in [0, 0.05) is 13.0 Å². The van der Waals surface area contributed by atoms with E-state index in [1.807, 2.05) is 4.72 Å². The average molecular weight is 316 g/mol. The average Bonchev–Trinajstić information content (AvgIpc) is 2.72. The third-order valence-electron chi connectivity index (χ3n) is 2.48. The van der Waals surface area contributed by atoms with Crippen molar-refractivity contribution in [3.63, 3.8) is 0 Å². The van der Waals surface area contributed by atoms with Gasteiger partial charge in [0.05, 0.1) is 9.82 Å². The van der Waals surface area contributed by atoms with Crippen LogP contribution in [0.2, 0.25) is 0 Å². The topological polar surface area (TPSA) is 128 Å². The molecule has 1 aromatic carbocycles. The lowest BCUT2D eigenvalue weighted by atomic mass is 10.2. The maximum Gasteiger partial charge on any atom is 0.329 e. The van der Waals surface area contributed by atoms with Crippen LogP contribution >= 0.6 is 0 Å². The Morgan fingerprint density at radius 3 is 2.52 bits per heavy atom. The number of nitro benzene ring substituents is 1. The quantitative estimate of drug-likeness (QED) is 0.669. The Morgan fingerprint density at radius 2 is 2.00 bits per heavy atom. The Balaban J connectivity index is 2.49. The summed E-state index contributed by atoms with van der Waals surface area (Å²) < 4.78 is 44.5. The normalized spacial score (nSPS) is 11.4. The molecule has 0 aliphatic heterocycles. The van der Waals surface area contributed by atoms with Gasteiger partial charge in [0.15, 0.2) is 0 Å². The number of rotatable bonds is 4. The number of nitrogens with zero attached hydrogens (tertiary/aromatic N) is 3. The third kappa shape index (κ3) is 2.97. The minimum absolute atomic E-state index is 0.00170. The molecule has 9 nitrogen and oxygen atoms in total. The maximum absolute atomic E-state index is 13.4. The van der Waals surface area contributed by atoms with Crippen molar-refractivity contribution in [3.8, 4) is 0 Å². The van der Waals surface area contributed by atoms with Crippen molar-refractivity contribution in [1.29, 1.82) is 0 Å². The monoisotopic (exact) mass is 316 g/mol. The minimum Gasteiger partial charge on any atom is -0.408 e. The SMILES string of the molecule is Cc1nnc(NS(=O)(=O)c2cc([N+](=O)[O-])c(F)cc2C)o1. The van der Waals surface area contributed by atoms with Crippen molar-refractivity contribution < 1.29 is 22.1 Å². The molecule has 0 aliphatic carbocycles. The summed E-state index contributed by atoms with van der Waals surface area (Å²) >= 11 is 0. The Morgan fingerprint density at radius 1 is 1.33 bits per heavy atom. The van der Waals surface area contributed by atoms with E-state index in [-0.39, 0.29) is 17.5 Å². The molecule has 1 aromatic heterocycles. The number of aromatic nitrogens is 2. The molecule has 11 heteroatoms. The van der Waals surface area contributed by atoms with Crippen LogP contribution in [0.5, 0.6) is 0 Å². The van der Waals surface area contributed by atoms with E-state index in [0.29, 0.717) is 6.07 Å². The Hall–Kier alpha value is -2.56. The first-order valence-electron chi connectivity index (χ1n) is 5.48. The zero-order chi connectivity index (χ0) is 15.8. The van der Waals surface area contributed by atoms with Crippen LogP contribution in [0.15, 0.2) is 21.4 Å². The summed E-state index contributed by atoms with van der Waals surface area (Å²) in [6.07, 6.45) is 0. The van der Waals surface area contributed by atoms with Gasteiger partial charge < -0.3 is 4.42 Å². The highest BCUT2D eigenvalue weighted by Gasteiger charge is 2.25. The molecular weight excluding hydrogens is 307 g/mol. The lowest BCUT2D eigenvalue weighted by Gasteiger charge is -2.07. The van der Waals surface area contributed by atoms with Gasteiger partial charge in [-0.1, -0.05) is 5.10 Å². The van der Waals surface area contributed by atoms with Gasteiger partial charge >= 0.3 is 11.7 Å². The van der Waals surface area contributed by atoms with Crippen LogP contribution in [0, 0.1) is 29.8 Å². The Kier molecular flexibility index (Phi) is 3.60. The molecule has 0 saturated heterocycles. The zero-order valence-corrected chi connectivity index (χ0v) is 11.6. The van der Waals surface area contributed by atoms with E-state index in [0.717, 1.165) is 6.07 Å². The van der Waals surface area contributed by atoms with Crippen molar-refractivity contribution in [2.75, 3.05) is 4.72 Å². The summed E-state index contributed by atoms with van der Waals surface area (Å²) in [5, 5.41) is 17.6. The van der Waals surface area contributed by atoms with Gasteiger partial charge in [0.1, 0.15) is 0 Å². The molecule has 2 rings (SSSR count). The molecule has 112 valence electrons. The first-order valence-corrected chi connectivity index (χ1v) is 6.96. The molecule has 0 radical (unpaired) electrons. The van der Waals surface area contributed by atoms with E-state index in [2.05, 4.69) is 10.2 Å². The van der Waals surface area contributed by atoms with E-state index in [1.165, 1.54) is 13.8 Å². The number of halogens is 1. The van der Waals surface area contributed by atoms with Crippen molar-refractivity contribution in [1.82, 2.24) is 10.2 Å². The van der Waals surface area contributed by atoms with E-state index in [1.54, 1.807) is 0 Å². The van der Waals surface area contributed by atoms with E-state index < -0.39 is 31.3 Å². The van der Waals surface area contributed by atoms with E-state index >= 15 is 0 Å². The standard InChI is InChI=1S/C10H9FN4O5S/c1-5-3-7(11)8(15(16)17)4-9(5)21(18,19)14-10-13-12-6(2)20-10/h3-4H,1-2H3,(H,13,14). The molecule has 0 amide bonds. The largest absolute Gasteiger partial charge is 0.408 e. The van der Waals surface area contributed by atoms with Crippen molar-refractivity contribution in [3.05, 3.63) is 39.5 Å². The molecule has 0 atom stereocenters. The summed E-state index contributed by atoms with van der Waals surface area (Å²) in [7, 11) is -4.22. The highest BCUT2D eigenvalue weighted by molar-refractivity contribution is 7.92. The van der Waals surface area contributed by atoms with Crippen LogP contribution in [0.4, 0.5) is 16.1 Å². The predicted molar refractivity (Wildman–Crippen MR) is 67.6 cm³/mol. The van der Waals surface area contributed by atoms with Gasteiger partial charge in [-0.3, -0.25) is 10.1 Å². The molecule has 1 N–H and O–H groups in total. The molecule has 0 saturated carbocycles. The number of hydrogen-bond acceptors (Lipinski definition) is 7. The molecule has 2 aromatic rings. The molecule has 0 unspecified atom stereocenters. The van der Waals surface area contributed by atoms with Crippen molar-refractivity contribution >= 4 is 21.7 Å². The van der Waals surface area contributed by atoms with Crippen molar-refractivity contribution in [2.45, 2.75) is 18.7 Å². The summed E-state index contributed by atoms with van der Waals surface area (Å²) in [6, 6.07) is 1.01. The molecule has 0 aliphatic rings. The first kappa shape index (κ1) is 14.8. The van der Waals surface area contributed by atoms with E-state index in [4.69, 9.17) is 4.42 Å². The van der Waals surface area contributed by atoms with Gasteiger partial charge in [0.2, 0.25) is 11.7 Å². The lowest BCUT2D eigenvalue weighted by Crippen LogP contribution is -2.15. The summed E-state index contributed by atoms with van der Waals surface area (Å²) in [6.45, 7) is 2.76. The number of benzene rings is 1. The summed E-state index contributed by atoms with van der Waals surface area (Å²) in [5.74, 6) is -0.986. The van der Waals surface area contributed by atoms with Crippen LogP contribution in [0.25, 0.3) is 0 Å². The zero-order valence-electron chi connectivity index (χ0n) is 10.8. The third-order valence-corrected chi connectivity index (χ3v) is 3.94. The minimum atomic E-state index is -4.22. The number of anilines is 1. The van der Waals surface area contributed by atoms with Crippen LogP contribution in [0.3, 0.4) is 0 Å². The second-order valence-corrected chi connectivity index (χ2v) is 5.71. The number of nitro groups is 1. The number of nitrogens with one attached hydrogen (secondary N) is 1. The fourth-order valence-electron chi connectivity index (χ4n) is 1.58. The first-order chi connectivity index (χ1) is 9.70. The summed E-state index contributed by atoms with van der Waals surface area (Å²) in [4.78, 5) is 9.22. The fraction of sp³-hybridized carbons (Fsp3) is 0.200. The molecule has 21 heavy (non-hydrogen) atoms. The molecule has 0 spiro atoms. The van der Waals surface area contributed by atoms with Gasteiger partial charge in [0.25, 0.3) is 10.0 Å². The smallest absolute Gasteiger partial charge is 0.329 e. The van der Waals surface area contributed by atoms with Gasteiger partial charge in [-0.15, -0.1) is 5.10 Å². The van der Waals surface area contributed by atoms with Gasteiger partial charge in [-0.05, 0) is 18.6 Å². The number of hydrogen-bond donors (Lipinski definition) is 1. The van der Waals surface area contributed by atoms with E-state index in [9.17, 15) is 22.9 Å². The van der Waals surface area contributed by atoms with Gasteiger partial charge in [-0.25, -0.2) is 13.1 Å². The molecule has 0 bridgehead atoms. The fourth-order valence-corrected chi connectivity index (χ4v) is 2.75. The molecular formula is C10H9FN4O5S. The van der Waals surface area contributed by atoms with Gasteiger partial charge in [-0.2, -0.15) is 4.39 Å². The van der Waals surface area contributed by atoms with Crippen LogP contribution in [-0.2, 0) is 10.0 Å². The van der Waals surface area contributed by atoms with Crippen molar-refractivity contribution in [2.24, 2.45) is 0 Å². The van der Waals surface area contributed by atoms with Crippen LogP contribution < -0.4 is 4.72 Å². The molecule has 1 heterocycles. The Bertz CT molecular complexity index is 817. The summed E-state index contributed by atoms with van der Waals surface area (Å²) in [5.41, 5.74) is -0.940. The second kappa shape index (κ2) is 5.09. The van der Waals surface area contributed by atoms with Crippen LogP contribution in [-0.4, -0.2) is 23.5 Å². The highest BCUT2D eigenvalue weighted by Crippen LogP contribution is 2.26. The highest BCUT2D eigenvalue weighted by atomic mass is 32.2. The second-order valence-electron chi connectivity index (χ2n) is 4.06. The Labute approximate surface area is 118 Å². The molecule has 0 fully saturated rings. The lowest BCUT2D eigenvalue weighted by molar-refractivity contribution is -0.387. The predicted octanol–water partition coefficient (Wildman–Crippen LogP) is 1.53. The number of aryl methyl sites for hydroxylation is 2.